The maximum atomic E-state index is 6.00. The maximum Gasteiger partial charge on any atom is 0.257 e. The monoisotopic (exact) mass is 334 g/mol. The van der Waals surface area contributed by atoms with Gasteiger partial charge in [-0.2, -0.15) is 4.98 Å². The summed E-state index contributed by atoms with van der Waals surface area (Å²) in [5, 5.41) is 8.18. The number of aromatic nitrogens is 3. The molecule has 1 saturated heterocycles. The van der Waals surface area contributed by atoms with Crippen molar-refractivity contribution >= 4 is 0 Å². The highest BCUT2D eigenvalue weighted by molar-refractivity contribution is 5.07. The van der Waals surface area contributed by atoms with Gasteiger partial charge in [0.25, 0.3) is 5.89 Å². The Morgan fingerprint density at radius 2 is 2.12 bits per heavy atom. The van der Waals surface area contributed by atoms with Crippen LogP contribution in [0.4, 0.5) is 0 Å². The lowest BCUT2D eigenvalue weighted by molar-refractivity contribution is -0.0934. The van der Waals surface area contributed by atoms with Crippen molar-refractivity contribution < 1.29 is 18.5 Å². The van der Waals surface area contributed by atoms with Crippen LogP contribution < -0.4 is 0 Å². The van der Waals surface area contributed by atoms with E-state index in [2.05, 4.69) is 27.1 Å². The molecule has 2 fully saturated rings. The number of ether oxygens (including phenoxy) is 2. The van der Waals surface area contributed by atoms with Crippen LogP contribution in [0.15, 0.2) is 15.1 Å². The molecule has 2 aromatic heterocycles. The van der Waals surface area contributed by atoms with Crippen molar-refractivity contribution in [2.45, 2.75) is 51.0 Å². The van der Waals surface area contributed by atoms with Crippen LogP contribution in [0.5, 0.6) is 0 Å². The molecule has 3 heterocycles. The zero-order valence-corrected chi connectivity index (χ0v) is 14.0. The standard InChI is InChI=1S/C16H22N4O4/c1-10-6-20(7-12-5-13(9-21-2)23-18-12)8-14(22-10)16-17-15(19-24-16)11-3-4-11/h5,10-11,14H,3-4,6-9H2,1-2H3/t10-,14-/m1/s1. The second-order valence-electron chi connectivity index (χ2n) is 6.61. The first-order chi connectivity index (χ1) is 11.7. The lowest BCUT2D eigenvalue weighted by atomic mass is 10.2. The van der Waals surface area contributed by atoms with E-state index < -0.39 is 0 Å². The van der Waals surface area contributed by atoms with Crippen LogP contribution in [0, 0.1) is 0 Å². The van der Waals surface area contributed by atoms with Crippen molar-refractivity contribution in [3.63, 3.8) is 0 Å². The molecule has 2 atom stereocenters. The average Bonchev–Trinajstić information content (AvgIpc) is 3.12. The molecule has 2 aliphatic rings. The Hall–Kier alpha value is -1.77. The van der Waals surface area contributed by atoms with E-state index in [1.54, 1.807) is 7.11 Å². The number of rotatable bonds is 6. The van der Waals surface area contributed by atoms with Gasteiger partial charge in [-0.1, -0.05) is 10.3 Å². The van der Waals surface area contributed by atoms with Crippen LogP contribution in [0.25, 0.3) is 0 Å². The van der Waals surface area contributed by atoms with E-state index in [9.17, 15) is 0 Å². The van der Waals surface area contributed by atoms with Crippen LogP contribution >= 0.6 is 0 Å². The van der Waals surface area contributed by atoms with E-state index in [-0.39, 0.29) is 12.2 Å². The van der Waals surface area contributed by atoms with Crippen LogP contribution in [0.3, 0.4) is 0 Å². The van der Waals surface area contributed by atoms with Gasteiger partial charge in [0.1, 0.15) is 12.7 Å². The van der Waals surface area contributed by atoms with E-state index in [0.29, 0.717) is 31.5 Å². The minimum absolute atomic E-state index is 0.0883. The number of hydrogen-bond acceptors (Lipinski definition) is 8. The summed E-state index contributed by atoms with van der Waals surface area (Å²) in [5.74, 6) is 2.61. The third kappa shape index (κ3) is 3.50. The van der Waals surface area contributed by atoms with E-state index in [4.69, 9.17) is 18.5 Å². The van der Waals surface area contributed by atoms with Crippen molar-refractivity contribution in [1.29, 1.82) is 0 Å². The highest BCUT2D eigenvalue weighted by atomic mass is 16.5. The maximum absolute atomic E-state index is 6.00. The van der Waals surface area contributed by atoms with Crippen LogP contribution in [0.2, 0.25) is 0 Å². The summed E-state index contributed by atoms with van der Waals surface area (Å²) in [5.41, 5.74) is 0.888. The molecule has 0 amide bonds. The van der Waals surface area contributed by atoms with Gasteiger partial charge in [-0.05, 0) is 19.8 Å². The third-order valence-corrected chi connectivity index (χ3v) is 4.29. The number of morpholine rings is 1. The van der Waals surface area contributed by atoms with E-state index in [0.717, 1.165) is 36.7 Å². The minimum Gasteiger partial charge on any atom is -0.377 e. The first-order valence-corrected chi connectivity index (χ1v) is 8.36. The molecule has 0 unspecified atom stereocenters. The predicted molar refractivity (Wildman–Crippen MR) is 82.1 cm³/mol. The molecule has 1 aliphatic carbocycles. The molecule has 24 heavy (non-hydrogen) atoms. The largest absolute Gasteiger partial charge is 0.377 e. The van der Waals surface area contributed by atoms with Gasteiger partial charge in [0, 0.05) is 38.7 Å². The molecular weight excluding hydrogens is 312 g/mol. The van der Waals surface area contributed by atoms with Crippen LogP contribution in [-0.2, 0) is 22.6 Å². The van der Waals surface area contributed by atoms with Crippen LogP contribution in [0.1, 0.15) is 55.0 Å². The Bertz CT molecular complexity index is 681. The fourth-order valence-electron chi connectivity index (χ4n) is 3.06. The summed E-state index contributed by atoms with van der Waals surface area (Å²) in [6.45, 7) is 4.70. The molecule has 0 N–H and O–H groups in total. The summed E-state index contributed by atoms with van der Waals surface area (Å²) < 4.78 is 21.7. The first kappa shape index (κ1) is 15.7. The molecule has 1 saturated carbocycles. The van der Waals surface area contributed by atoms with Crippen molar-refractivity contribution in [3.8, 4) is 0 Å². The molecule has 8 heteroatoms. The smallest absolute Gasteiger partial charge is 0.257 e. The summed E-state index contributed by atoms with van der Waals surface area (Å²) in [6, 6.07) is 1.93. The van der Waals surface area contributed by atoms with Crippen molar-refractivity contribution in [3.05, 3.63) is 29.2 Å². The van der Waals surface area contributed by atoms with Crippen molar-refractivity contribution in [1.82, 2.24) is 20.2 Å². The Balaban J connectivity index is 1.41. The molecular formula is C16H22N4O4. The quantitative estimate of drug-likeness (QED) is 0.793. The molecule has 2 aromatic rings. The van der Waals surface area contributed by atoms with Gasteiger partial charge >= 0.3 is 0 Å². The van der Waals surface area contributed by atoms with Gasteiger partial charge in [-0.3, -0.25) is 4.90 Å². The number of nitrogens with zero attached hydrogens (tertiary/aromatic N) is 4. The van der Waals surface area contributed by atoms with E-state index in [1.807, 2.05) is 6.07 Å². The Morgan fingerprint density at radius 3 is 2.92 bits per heavy atom. The number of hydrogen-bond donors (Lipinski definition) is 0. The molecule has 0 spiro atoms. The lowest BCUT2D eigenvalue weighted by Gasteiger charge is -2.34. The molecule has 0 radical (unpaired) electrons. The van der Waals surface area contributed by atoms with Gasteiger partial charge in [-0.15, -0.1) is 0 Å². The molecule has 8 nitrogen and oxygen atoms in total. The summed E-state index contributed by atoms with van der Waals surface area (Å²) in [4.78, 5) is 6.79. The molecule has 0 aromatic carbocycles. The average molecular weight is 334 g/mol. The third-order valence-electron chi connectivity index (χ3n) is 4.29. The fourth-order valence-corrected chi connectivity index (χ4v) is 3.06. The minimum atomic E-state index is -0.195. The van der Waals surface area contributed by atoms with Crippen molar-refractivity contribution in [2.24, 2.45) is 0 Å². The topological polar surface area (TPSA) is 86.7 Å². The predicted octanol–water partition coefficient (Wildman–Crippen LogP) is 2.04. The van der Waals surface area contributed by atoms with Gasteiger partial charge in [0.2, 0.25) is 0 Å². The zero-order chi connectivity index (χ0) is 16.5. The molecule has 1 aliphatic heterocycles. The summed E-state index contributed by atoms with van der Waals surface area (Å²) in [7, 11) is 1.64. The molecule has 0 bridgehead atoms. The normalized spacial score (nSPS) is 25.2. The van der Waals surface area contributed by atoms with Gasteiger partial charge < -0.3 is 18.5 Å². The second-order valence-corrected chi connectivity index (χ2v) is 6.61. The van der Waals surface area contributed by atoms with Crippen LogP contribution in [-0.4, -0.2) is 46.5 Å². The van der Waals surface area contributed by atoms with E-state index >= 15 is 0 Å². The zero-order valence-electron chi connectivity index (χ0n) is 14.0. The lowest BCUT2D eigenvalue weighted by Crippen LogP contribution is -2.42. The SMILES string of the molecule is COCc1cc(CN2C[C@@H](C)O[C@@H](c3nc(C4CC4)no3)C2)no1. The Morgan fingerprint density at radius 1 is 1.25 bits per heavy atom. The van der Waals surface area contributed by atoms with Gasteiger partial charge in [-0.25, -0.2) is 0 Å². The van der Waals surface area contributed by atoms with E-state index in [1.165, 1.54) is 0 Å². The Kier molecular flexibility index (Phi) is 4.34. The second kappa shape index (κ2) is 6.62. The number of methoxy groups -OCH3 is 1. The molecule has 4 rings (SSSR count). The highest BCUT2D eigenvalue weighted by Gasteiger charge is 2.34. The van der Waals surface area contributed by atoms with Gasteiger partial charge in [0.15, 0.2) is 11.6 Å². The van der Waals surface area contributed by atoms with Gasteiger partial charge in [0.05, 0.1) is 11.8 Å². The summed E-state index contributed by atoms with van der Waals surface area (Å²) >= 11 is 0. The first-order valence-electron chi connectivity index (χ1n) is 8.36. The summed E-state index contributed by atoms with van der Waals surface area (Å²) in [6.07, 6.45) is 2.20. The Labute approximate surface area is 140 Å². The fraction of sp³-hybridized carbons (Fsp3) is 0.688. The highest BCUT2D eigenvalue weighted by Crippen LogP contribution is 2.39. The molecule has 130 valence electrons. The van der Waals surface area contributed by atoms with Crippen molar-refractivity contribution in [2.75, 3.05) is 20.2 Å².